The molecule has 6 nitrogen and oxygen atoms in total. The largest absolute Gasteiger partial charge is 0.463 e. The molecule has 0 saturated heterocycles. The number of rotatable bonds is 6. The molecule has 0 fully saturated rings. The summed E-state index contributed by atoms with van der Waals surface area (Å²) < 4.78 is 33.5. The summed E-state index contributed by atoms with van der Waals surface area (Å²) in [6.45, 7) is 2.04. The van der Waals surface area contributed by atoms with Crippen molar-refractivity contribution in [3.8, 4) is 0 Å². The van der Waals surface area contributed by atoms with Gasteiger partial charge in [-0.3, -0.25) is 8.91 Å². The molecular formula is C12H15NO5S. The van der Waals surface area contributed by atoms with Crippen LogP contribution in [0.3, 0.4) is 0 Å². The van der Waals surface area contributed by atoms with E-state index in [0.717, 1.165) is 12.7 Å². The van der Waals surface area contributed by atoms with Crippen molar-refractivity contribution < 1.29 is 22.1 Å². The van der Waals surface area contributed by atoms with Crippen LogP contribution in [0.25, 0.3) is 6.08 Å². The third-order valence-corrected chi connectivity index (χ3v) is 3.00. The van der Waals surface area contributed by atoms with Gasteiger partial charge in [0.15, 0.2) is 0 Å². The number of esters is 1. The summed E-state index contributed by atoms with van der Waals surface area (Å²) in [7, 11) is -2.69. The van der Waals surface area contributed by atoms with Gasteiger partial charge in [0.05, 0.1) is 19.4 Å². The second-order valence-electron chi connectivity index (χ2n) is 3.43. The topological polar surface area (TPSA) is 81.7 Å². The Hall–Kier alpha value is -1.86. The van der Waals surface area contributed by atoms with Gasteiger partial charge in [-0.05, 0) is 30.7 Å². The molecular weight excluding hydrogens is 270 g/mol. The lowest BCUT2D eigenvalue weighted by Gasteiger charge is -2.05. The van der Waals surface area contributed by atoms with Crippen molar-refractivity contribution >= 4 is 28.0 Å². The van der Waals surface area contributed by atoms with Gasteiger partial charge < -0.3 is 4.74 Å². The van der Waals surface area contributed by atoms with E-state index in [1.807, 2.05) is 0 Å². The van der Waals surface area contributed by atoms with Crippen molar-refractivity contribution in [2.75, 3.05) is 18.4 Å². The second-order valence-corrected chi connectivity index (χ2v) is 4.88. The van der Waals surface area contributed by atoms with E-state index in [1.54, 1.807) is 37.3 Å². The van der Waals surface area contributed by atoms with Crippen LogP contribution in [0.5, 0.6) is 0 Å². The van der Waals surface area contributed by atoms with E-state index in [4.69, 9.17) is 4.74 Å². The number of benzene rings is 1. The van der Waals surface area contributed by atoms with E-state index in [-0.39, 0.29) is 0 Å². The zero-order valence-electron chi connectivity index (χ0n) is 10.6. The van der Waals surface area contributed by atoms with Gasteiger partial charge in [-0.1, -0.05) is 12.1 Å². The number of hydrogen-bond acceptors (Lipinski definition) is 5. The van der Waals surface area contributed by atoms with Crippen molar-refractivity contribution in [2.45, 2.75) is 6.92 Å². The van der Waals surface area contributed by atoms with Crippen LogP contribution in [0.4, 0.5) is 5.69 Å². The van der Waals surface area contributed by atoms with Crippen LogP contribution in [-0.2, 0) is 24.0 Å². The van der Waals surface area contributed by atoms with Crippen LogP contribution in [0.2, 0.25) is 0 Å². The maximum atomic E-state index is 11.1. The minimum Gasteiger partial charge on any atom is -0.463 e. The first-order valence-electron chi connectivity index (χ1n) is 5.50. The molecule has 0 aliphatic rings. The summed E-state index contributed by atoms with van der Waals surface area (Å²) in [6, 6.07) is 6.43. The number of anilines is 1. The third-order valence-electron chi connectivity index (χ3n) is 2.07. The third kappa shape index (κ3) is 5.54. The molecule has 1 aromatic carbocycles. The van der Waals surface area contributed by atoms with Gasteiger partial charge in [-0.25, -0.2) is 4.79 Å². The molecule has 0 bridgehead atoms. The summed E-state index contributed by atoms with van der Waals surface area (Å²) in [5.41, 5.74) is 1.11. The Kier molecular flexibility index (Phi) is 5.53. The Morgan fingerprint density at radius 1 is 1.32 bits per heavy atom. The highest BCUT2D eigenvalue weighted by Crippen LogP contribution is 2.12. The molecule has 0 amide bonds. The molecule has 0 aromatic heterocycles. The average Bonchev–Trinajstić information content (AvgIpc) is 2.38. The Morgan fingerprint density at radius 3 is 2.47 bits per heavy atom. The lowest BCUT2D eigenvalue weighted by atomic mass is 10.2. The van der Waals surface area contributed by atoms with Crippen LogP contribution >= 0.6 is 0 Å². The first kappa shape index (κ1) is 15.2. The fourth-order valence-electron chi connectivity index (χ4n) is 1.20. The molecule has 0 atom stereocenters. The first-order valence-corrected chi connectivity index (χ1v) is 6.91. The predicted molar refractivity (Wildman–Crippen MR) is 71.7 cm³/mol. The van der Waals surface area contributed by atoms with Gasteiger partial charge in [-0.15, -0.1) is 0 Å². The van der Waals surface area contributed by atoms with Gasteiger partial charge in [0.2, 0.25) is 0 Å². The zero-order chi connectivity index (χ0) is 14.3. The van der Waals surface area contributed by atoms with Gasteiger partial charge in [0.25, 0.3) is 0 Å². The molecule has 7 heteroatoms. The van der Waals surface area contributed by atoms with Crippen molar-refractivity contribution in [1.29, 1.82) is 0 Å². The van der Waals surface area contributed by atoms with Crippen LogP contribution in [0, 0.1) is 0 Å². The van der Waals surface area contributed by atoms with E-state index in [1.165, 1.54) is 6.08 Å². The molecule has 0 radical (unpaired) electrons. The van der Waals surface area contributed by atoms with Crippen LogP contribution in [0.15, 0.2) is 30.3 Å². The quantitative estimate of drug-likeness (QED) is 0.633. The lowest BCUT2D eigenvalue weighted by Crippen LogP contribution is -2.13. The summed E-state index contributed by atoms with van der Waals surface area (Å²) in [4.78, 5) is 11.1. The lowest BCUT2D eigenvalue weighted by molar-refractivity contribution is -0.137. The molecule has 0 spiro atoms. The summed E-state index contributed by atoms with van der Waals surface area (Å²) >= 11 is 0. The predicted octanol–water partition coefficient (Wildman–Crippen LogP) is 1.57. The standard InChI is InChI=1S/C12H15NO5S/c1-3-18-12(14)9-6-10-4-7-11(8-5-10)13-19(15,16)17-2/h4-9,13H,3H2,1-2H3/b9-6+. The van der Waals surface area contributed by atoms with Crippen molar-refractivity contribution in [1.82, 2.24) is 0 Å². The highest BCUT2D eigenvalue weighted by atomic mass is 32.2. The molecule has 0 aliphatic heterocycles. The summed E-state index contributed by atoms with van der Waals surface area (Å²) in [6.07, 6.45) is 2.88. The molecule has 0 heterocycles. The molecule has 104 valence electrons. The fourth-order valence-corrected chi connectivity index (χ4v) is 1.71. The second kappa shape index (κ2) is 6.91. The molecule has 19 heavy (non-hydrogen) atoms. The number of hydrogen-bond donors (Lipinski definition) is 1. The SMILES string of the molecule is CCOC(=O)/C=C/c1ccc(NS(=O)(=O)OC)cc1. The smallest absolute Gasteiger partial charge is 0.359 e. The minimum absolute atomic E-state index is 0.320. The van der Waals surface area contributed by atoms with E-state index < -0.39 is 16.3 Å². The molecule has 1 aromatic rings. The van der Waals surface area contributed by atoms with Gasteiger partial charge in [0, 0.05) is 6.08 Å². The first-order chi connectivity index (χ1) is 8.96. The Bertz CT molecular complexity index is 548. The summed E-state index contributed by atoms with van der Waals surface area (Å²) in [5.74, 6) is -0.424. The highest BCUT2D eigenvalue weighted by molar-refractivity contribution is 7.88. The maximum Gasteiger partial charge on any atom is 0.359 e. The summed E-state index contributed by atoms with van der Waals surface area (Å²) in [5, 5.41) is 0. The van der Waals surface area contributed by atoms with Crippen LogP contribution in [0.1, 0.15) is 12.5 Å². The Balaban J connectivity index is 2.69. The number of carbonyl (C=O) groups is 1. The number of ether oxygens (including phenoxy) is 1. The van der Waals surface area contributed by atoms with Crippen LogP contribution in [-0.4, -0.2) is 28.1 Å². The average molecular weight is 285 g/mol. The minimum atomic E-state index is -3.76. The van der Waals surface area contributed by atoms with Gasteiger partial charge >= 0.3 is 16.3 Å². The fraction of sp³-hybridized carbons (Fsp3) is 0.250. The normalized spacial score (nSPS) is 11.5. The molecule has 1 rings (SSSR count). The number of carbonyl (C=O) groups excluding carboxylic acids is 1. The van der Waals surface area contributed by atoms with E-state index in [0.29, 0.717) is 12.3 Å². The van der Waals surface area contributed by atoms with E-state index in [2.05, 4.69) is 8.91 Å². The zero-order valence-corrected chi connectivity index (χ0v) is 11.4. The van der Waals surface area contributed by atoms with Crippen LogP contribution < -0.4 is 4.72 Å². The maximum absolute atomic E-state index is 11.1. The Morgan fingerprint density at radius 2 is 1.95 bits per heavy atom. The number of nitrogens with one attached hydrogen (secondary N) is 1. The van der Waals surface area contributed by atoms with E-state index >= 15 is 0 Å². The highest BCUT2D eigenvalue weighted by Gasteiger charge is 2.06. The Labute approximate surface area is 112 Å². The monoisotopic (exact) mass is 285 g/mol. The molecule has 0 saturated carbocycles. The van der Waals surface area contributed by atoms with Gasteiger partial charge in [0.1, 0.15) is 0 Å². The van der Waals surface area contributed by atoms with Crippen molar-refractivity contribution in [2.24, 2.45) is 0 Å². The van der Waals surface area contributed by atoms with Crippen molar-refractivity contribution in [3.05, 3.63) is 35.9 Å². The van der Waals surface area contributed by atoms with E-state index in [9.17, 15) is 13.2 Å². The van der Waals surface area contributed by atoms with Crippen molar-refractivity contribution in [3.63, 3.8) is 0 Å². The molecule has 0 aliphatic carbocycles. The van der Waals surface area contributed by atoms with Gasteiger partial charge in [-0.2, -0.15) is 8.42 Å². The molecule has 1 N–H and O–H groups in total. The molecule has 0 unspecified atom stereocenters.